The van der Waals surface area contributed by atoms with Gasteiger partial charge in [-0.05, 0) is 7.60 Å². The van der Waals surface area contributed by atoms with Gasteiger partial charge >= 0.3 is 59.1 Å². The fraction of sp³-hybridized carbons (Fsp3) is 0.545. The molecule has 26 heavy (non-hydrogen) atoms. The molecule has 0 aliphatic carbocycles. The molecule has 0 bridgehead atoms. The third kappa shape index (κ3) is 5.03. The summed E-state index contributed by atoms with van der Waals surface area (Å²) >= 11 is 0. The summed E-state index contributed by atoms with van der Waals surface area (Å²) in [4.78, 5) is 33.3. The number of fused-ring (bicyclic) bond motifs is 1. The second kappa shape index (κ2) is 9.70. The van der Waals surface area contributed by atoms with E-state index in [4.69, 9.17) is 15.2 Å². The van der Waals surface area contributed by atoms with Crippen LogP contribution in [0.1, 0.15) is 6.23 Å². The summed E-state index contributed by atoms with van der Waals surface area (Å²) < 4.78 is 22.5. The Balaban J connectivity index is 0.00000169. The molecule has 0 unspecified atom stereocenters. The molecule has 0 amide bonds. The van der Waals surface area contributed by atoms with Crippen molar-refractivity contribution in [3.05, 3.63) is 12.7 Å². The predicted molar refractivity (Wildman–Crippen MR) is 74.1 cm³/mol. The number of hydrogen-bond acceptors (Lipinski definition) is 11. The van der Waals surface area contributed by atoms with Gasteiger partial charge in [-0.3, -0.25) is 4.57 Å². The van der Waals surface area contributed by atoms with E-state index in [2.05, 4.69) is 15.0 Å². The topological polar surface area (TPSA) is 192 Å². The molecule has 15 heteroatoms. The van der Waals surface area contributed by atoms with Crippen molar-refractivity contribution in [2.45, 2.75) is 24.5 Å². The minimum absolute atomic E-state index is 0. The van der Waals surface area contributed by atoms with Gasteiger partial charge in [0.2, 0.25) is 0 Å². The number of rotatable bonds is 5. The molecule has 3 heterocycles. The second-order valence-electron chi connectivity index (χ2n) is 5.19. The standard InChI is InChI=1S/C11H16N5O7P.2Na/c12-9-6-10(14-2-13-9)16(3-15-6)11-7(18)8(5(1-17)23-11)22-4-24(19,20)21;;/h2-3,5,7-8,11,17-18H,1,4H2,(H2,12,13,14)(H2,19,20,21);;/q;2*+1/p-2/t5-,7+,8-,11+;;/m0../s1. The van der Waals surface area contributed by atoms with Crippen molar-refractivity contribution < 1.29 is 93.2 Å². The maximum Gasteiger partial charge on any atom is 1.00 e. The van der Waals surface area contributed by atoms with Crippen LogP contribution in [0, 0.1) is 0 Å². The Kier molecular flexibility index (Phi) is 9.10. The summed E-state index contributed by atoms with van der Waals surface area (Å²) in [6, 6.07) is 0. The van der Waals surface area contributed by atoms with Crippen molar-refractivity contribution in [1.82, 2.24) is 19.5 Å². The molecule has 1 saturated heterocycles. The van der Waals surface area contributed by atoms with Gasteiger partial charge in [-0.15, -0.1) is 0 Å². The van der Waals surface area contributed by atoms with Crippen molar-refractivity contribution >= 4 is 24.6 Å². The molecule has 0 spiro atoms. The first-order valence-corrected chi connectivity index (χ1v) is 8.54. The number of imidazole rings is 1. The number of anilines is 1. The van der Waals surface area contributed by atoms with Crippen molar-refractivity contribution in [2.24, 2.45) is 0 Å². The van der Waals surface area contributed by atoms with E-state index < -0.39 is 45.1 Å². The molecular formula is C11H14N5Na2O7P. The first-order chi connectivity index (χ1) is 11.3. The third-order valence-corrected chi connectivity index (χ3v) is 4.04. The average molecular weight is 405 g/mol. The van der Waals surface area contributed by atoms with Crippen molar-refractivity contribution in [1.29, 1.82) is 0 Å². The normalized spacial score (nSPS) is 25.7. The van der Waals surface area contributed by atoms with Crippen LogP contribution in [-0.4, -0.2) is 61.0 Å². The molecule has 4 N–H and O–H groups in total. The number of aliphatic hydroxyl groups excluding tert-OH is 2. The number of aromatic nitrogens is 4. The van der Waals surface area contributed by atoms with Gasteiger partial charge in [0.1, 0.15) is 30.2 Å². The van der Waals surface area contributed by atoms with E-state index in [9.17, 15) is 24.6 Å². The molecule has 0 aromatic carbocycles. The van der Waals surface area contributed by atoms with E-state index in [0.29, 0.717) is 5.52 Å². The van der Waals surface area contributed by atoms with Gasteiger partial charge in [-0.1, -0.05) is 0 Å². The van der Waals surface area contributed by atoms with Crippen LogP contribution in [0.3, 0.4) is 0 Å². The number of nitrogens with two attached hydrogens (primary N) is 1. The zero-order valence-electron chi connectivity index (χ0n) is 14.1. The summed E-state index contributed by atoms with van der Waals surface area (Å²) in [5.74, 6) is 0.136. The van der Waals surface area contributed by atoms with Gasteiger partial charge in [0.15, 0.2) is 17.7 Å². The second-order valence-corrected chi connectivity index (χ2v) is 6.67. The van der Waals surface area contributed by atoms with Gasteiger partial charge in [-0.2, -0.15) is 0 Å². The summed E-state index contributed by atoms with van der Waals surface area (Å²) in [6.07, 6.45) is -3.29. The van der Waals surface area contributed by atoms with Gasteiger partial charge in [0, 0.05) is 0 Å². The molecule has 4 atom stereocenters. The molecular weight excluding hydrogens is 391 g/mol. The van der Waals surface area contributed by atoms with E-state index in [0.717, 1.165) is 0 Å². The number of hydrogen-bond donors (Lipinski definition) is 3. The summed E-state index contributed by atoms with van der Waals surface area (Å²) in [7, 11) is -4.93. The summed E-state index contributed by atoms with van der Waals surface area (Å²) in [6.45, 7) is -0.552. The number of aliphatic hydroxyl groups is 2. The first kappa shape index (κ1) is 24.4. The van der Waals surface area contributed by atoms with Crippen molar-refractivity contribution in [2.75, 3.05) is 18.7 Å². The molecule has 12 nitrogen and oxygen atoms in total. The van der Waals surface area contributed by atoms with E-state index in [1.807, 2.05) is 0 Å². The number of nitrogen functional groups attached to an aromatic ring is 1. The maximum atomic E-state index is 10.7. The van der Waals surface area contributed by atoms with Crippen LogP contribution >= 0.6 is 7.60 Å². The van der Waals surface area contributed by atoms with Crippen LogP contribution in [0.15, 0.2) is 12.7 Å². The van der Waals surface area contributed by atoms with E-state index in [-0.39, 0.29) is 70.6 Å². The zero-order valence-corrected chi connectivity index (χ0v) is 19.0. The molecule has 1 aliphatic rings. The monoisotopic (exact) mass is 405 g/mol. The molecule has 0 radical (unpaired) electrons. The Morgan fingerprint density at radius 1 is 1.35 bits per heavy atom. The minimum atomic E-state index is -4.93. The molecule has 132 valence electrons. The fourth-order valence-corrected chi connectivity index (χ4v) is 2.89. The quantitative estimate of drug-likeness (QED) is 0.316. The molecule has 3 rings (SSSR count). The predicted octanol–water partition coefficient (Wildman–Crippen LogP) is -9.08. The van der Waals surface area contributed by atoms with Crippen molar-refractivity contribution in [3.63, 3.8) is 0 Å². The van der Waals surface area contributed by atoms with Gasteiger partial charge in [0.05, 0.1) is 19.3 Å². The van der Waals surface area contributed by atoms with Crippen LogP contribution in [0.5, 0.6) is 0 Å². The largest absolute Gasteiger partial charge is 1.00 e. The third-order valence-electron chi connectivity index (χ3n) is 3.58. The molecule has 1 aliphatic heterocycles. The Hall–Kier alpha value is 0.340. The molecule has 2 aromatic heterocycles. The Morgan fingerprint density at radius 2 is 2.04 bits per heavy atom. The number of ether oxygens (including phenoxy) is 2. The SMILES string of the molecule is Nc1ncnc2c1ncn2[C@@H]1O[C@@H](CO)[C@H](OCP(=O)([O-])[O-])[C@H]1O.[Na+].[Na+]. The van der Waals surface area contributed by atoms with Crippen LogP contribution in [0.25, 0.3) is 11.2 Å². The smallest absolute Gasteiger partial charge is 0.809 e. The zero-order chi connectivity index (χ0) is 17.5. The molecule has 1 fully saturated rings. The maximum absolute atomic E-state index is 10.7. The fourth-order valence-electron chi connectivity index (χ4n) is 2.54. The Labute approximate surface area is 191 Å². The molecule has 2 aromatic rings. The average Bonchev–Trinajstić information content (AvgIpc) is 3.06. The van der Waals surface area contributed by atoms with Gasteiger partial charge in [-0.25, -0.2) is 15.0 Å². The Bertz CT molecular complexity index is 789. The summed E-state index contributed by atoms with van der Waals surface area (Å²) in [5, 5.41) is 19.7. The minimum Gasteiger partial charge on any atom is -0.809 e. The van der Waals surface area contributed by atoms with Gasteiger partial charge < -0.3 is 39.8 Å². The van der Waals surface area contributed by atoms with Crippen LogP contribution < -0.4 is 74.6 Å². The van der Waals surface area contributed by atoms with Crippen LogP contribution in [0.4, 0.5) is 5.82 Å². The molecule has 0 saturated carbocycles. The van der Waals surface area contributed by atoms with Crippen LogP contribution in [-0.2, 0) is 14.0 Å². The summed E-state index contributed by atoms with van der Waals surface area (Å²) in [5.41, 5.74) is 6.26. The number of nitrogens with zero attached hydrogens (tertiary/aromatic N) is 4. The van der Waals surface area contributed by atoms with Crippen molar-refractivity contribution in [3.8, 4) is 0 Å². The van der Waals surface area contributed by atoms with E-state index in [1.54, 1.807) is 0 Å². The first-order valence-electron chi connectivity index (χ1n) is 6.82. The van der Waals surface area contributed by atoms with Crippen LogP contribution in [0.2, 0.25) is 0 Å². The van der Waals surface area contributed by atoms with Gasteiger partial charge in [0.25, 0.3) is 0 Å². The van der Waals surface area contributed by atoms with E-state index in [1.165, 1.54) is 17.2 Å². The Morgan fingerprint density at radius 3 is 2.65 bits per heavy atom. The van der Waals surface area contributed by atoms with E-state index >= 15 is 0 Å².